The van der Waals surface area contributed by atoms with Crippen LogP contribution in [0.25, 0.3) is 0 Å². The van der Waals surface area contributed by atoms with Crippen LogP contribution in [0.15, 0.2) is 0 Å². The number of ether oxygens (including phenoxy) is 4. The molecule has 2 fully saturated rings. The first-order valence-electron chi connectivity index (χ1n) is 8.17. The minimum absolute atomic E-state index is 0.144. The van der Waals surface area contributed by atoms with Crippen LogP contribution in [0.1, 0.15) is 12.8 Å². The molecule has 0 radical (unpaired) electrons. The van der Waals surface area contributed by atoms with Gasteiger partial charge in [0.2, 0.25) is 0 Å². The Morgan fingerprint density at radius 1 is 0.583 bits per heavy atom. The van der Waals surface area contributed by atoms with Gasteiger partial charge in [-0.2, -0.15) is 0 Å². The lowest BCUT2D eigenvalue weighted by atomic mass is 10.4. The molecule has 2 bridgehead atoms. The average Bonchev–Trinajstić information content (AvgIpc) is 2.92. The number of esters is 2. The summed E-state index contributed by atoms with van der Waals surface area (Å²) in [5.74, 6) is -0.717. The van der Waals surface area contributed by atoms with Crippen LogP contribution in [0.3, 0.4) is 0 Å². The van der Waals surface area contributed by atoms with Crippen molar-refractivity contribution in [3.05, 3.63) is 0 Å². The number of cyclic esters (lactones) is 2. The summed E-state index contributed by atoms with van der Waals surface area (Å²) in [6, 6.07) is -0.166. The first kappa shape index (κ1) is 18.5. The molecule has 0 spiro atoms. The molecule has 0 N–H and O–H groups in total. The van der Waals surface area contributed by atoms with Gasteiger partial charge in [0.15, 0.2) is 0 Å². The molecule has 0 aromatic carbocycles. The zero-order valence-electron chi connectivity index (χ0n) is 13.7. The molecular weight excluding hydrogens is 320 g/mol. The van der Waals surface area contributed by atoms with E-state index in [-0.39, 0.29) is 44.0 Å². The molecule has 2 heterocycles. The molecule has 9 nitrogen and oxygen atoms in total. The third kappa shape index (κ3) is 6.32. The molecule has 2 aliphatic rings. The van der Waals surface area contributed by atoms with Crippen molar-refractivity contribution in [3.8, 4) is 0 Å². The van der Waals surface area contributed by atoms with Crippen molar-refractivity contribution in [1.29, 1.82) is 0 Å². The maximum absolute atomic E-state index is 12.2. The number of hydrogen-bond acceptors (Lipinski definition) is 7. The molecule has 0 aromatic rings. The van der Waals surface area contributed by atoms with Gasteiger partial charge in [-0.05, 0) is 0 Å². The third-order valence-corrected chi connectivity index (χ3v) is 3.71. The third-order valence-electron chi connectivity index (χ3n) is 3.71. The van der Waals surface area contributed by atoms with Gasteiger partial charge in [-0.1, -0.05) is 0 Å². The molecule has 9 heteroatoms. The normalized spacial score (nSPS) is 23.1. The Balaban J connectivity index is 1.81. The van der Waals surface area contributed by atoms with Gasteiger partial charge < -0.3 is 28.7 Å². The highest BCUT2D eigenvalue weighted by Gasteiger charge is 2.28. The summed E-state index contributed by atoms with van der Waals surface area (Å²) in [5.41, 5.74) is 0. The Labute approximate surface area is 140 Å². The van der Waals surface area contributed by atoms with Gasteiger partial charge in [0.25, 0.3) is 0 Å². The van der Waals surface area contributed by atoms with Gasteiger partial charge in [-0.3, -0.25) is 9.59 Å². The van der Waals surface area contributed by atoms with Gasteiger partial charge in [-0.25, -0.2) is 4.79 Å². The zero-order chi connectivity index (χ0) is 17.2. The van der Waals surface area contributed by atoms with E-state index >= 15 is 0 Å². The number of fused-ring (bicyclic) bond motifs is 2. The first-order chi connectivity index (χ1) is 11.7. The van der Waals surface area contributed by atoms with Crippen LogP contribution >= 0.6 is 0 Å². The number of amides is 2. The second kappa shape index (κ2) is 10.1. The molecular formula is C15H24N2O7. The maximum atomic E-state index is 12.2. The lowest BCUT2D eigenvalue weighted by Crippen LogP contribution is -2.34. The fourth-order valence-electron chi connectivity index (χ4n) is 2.40. The van der Waals surface area contributed by atoms with Gasteiger partial charge in [0.05, 0.1) is 39.3 Å². The molecule has 136 valence electrons. The number of carbonyl (C=O) groups is 3. The minimum atomic E-state index is -0.359. The summed E-state index contributed by atoms with van der Waals surface area (Å²) in [6.45, 7) is 3.40. The second-order valence-corrected chi connectivity index (χ2v) is 5.42. The number of urea groups is 1. The van der Waals surface area contributed by atoms with Crippen LogP contribution in [-0.4, -0.2) is 93.6 Å². The van der Waals surface area contributed by atoms with E-state index in [1.54, 1.807) is 9.80 Å². The van der Waals surface area contributed by atoms with Crippen LogP contribution in [0.5, 0.6) is 0 Å². The lowest BCUT2D eigenvalue weighted by molar-refractivity contribution is -0.147. The summed E-state index contributed by atoms with van der Waals surface area (Å²) in [4.78, 5) is 38.6. The van der Waals surface area contributed by atoms with E-state index in [2.05, 4.69) is 0 Å². The van der Waals surface area contributed by atoms with Gasteiger partial charge in [0, 0.05) is 26.2 Å². The molecule has 2 amide bonds. The van der Waals surface area contributed by atoms with E-state index in [0.717, 1.165) is 0 Å². The molecule has 2 rings (SSSR count). The van der Waals surface area contributed by atoms with Gasteiger partial charge in [-0.15, -0.1) is 0 Å². The summed E-state index contributed by atoms with van der Waals surface area (Å²) >= 11 is 0. The summed E-state index contributed by atoms with van der Waals surface area (Å²) in [7, 11) is 0. The standard InChI is InChI=1S/C15H24N2O7/c18-13-1-3-16-5-6-17(15(16)20)4-2-14(19)24-12-10-22-8-7-21-9-11-23-13/h1-12H2. The van der Waals surface area contributed by atoms with Crippen LogP contribution in [-0.2, 0) is 28.5 Å². The fraction of sp³-hybridized carbons (Fsp3) is 0.800. The topological polar surface area (TPSA) is 94.6 Å². The van der Waals surface area contributed by atoms with Crippen molar-refractivity contribution in [2.75, 3.05) is 65.8 Å². The van der Waals surface area contributed by atoms with E-state index in [1.807, 2.05) is 0 Å². The first-order valence-corrected chi connectivity index (χ1v) is 8.17. The molecule has 2 aliphatic heterocycles. The minimum Gasteiger partial charge on any atom is -0.463 e. The SMILES string of the molecule is O=C1CCN2CCN(CCC(=O)OCCOCCOCCO1)C2=O. The highest BCUT2D eigenvalue weighted by Crippen LogP contribution is 2.10. The van der Waals surface area contributed by atoms with Crippen LogP contribution in [0.4, 0.5) is 4.79 Å². The highest BCUT2D eigenvalue weighted by atomic mass is 16.6. The Morgan fingerprint density at radius 2 is 1.00 bits per heavy atom. The molecule has 0 aliphatic carbocycles. The van der Waals surface area contributed by atoms with Gasteiger partial charge in [0.1, 0.15) is 13.2 Å². The van der Waals surface area contributed by atoms with Crippen LogP contribution in [0.2, 0.25) is 0 Å². The van der Waals surface area contributed by atoms with Crippen LogP contribution < -0.4 is 0 Å². The largest absolute Gasteiger partial charge is 0.463 e. The fourth-order valence-corrected chi connectivity index (χ4v) is 2.40. The number of nitrogens with zero attached hydrogens (tertiary/aromatic N) is 2. The molecule has 0 unspecified atom stereocenters. The Morgan fingerprint density at radius 3 is 1.46 bits per heavy atom. The molecule has 24 heavy (non-hydrogen) atoms. The summed E-state index contributed by atoms with van der Waals surface area (Å²) < 4.78 is 20.6. The molecule has 2 saturated heterocycles. The molecule has 0 aromatic heterocycles. The number of rotatable bonds is 0. The van der Waals surface area contributed by atoms with E-state index < -0.39 is 0 Å². The predicted octanol–water partition coefficient (Wildman–Crippen LogP) is -0.363. The van der Waals surface area contributed by atoms with Crippen molar-refractivity contribution in [2.24, 2.45) is 0 Å². The Hall–Kier alpha value is -1.87. The number of hydrogen-bond donors (Lipinski definition) is 0. The Bertz CT molecular complexity index is 406. The second-order valence-electron chi connectivity index (χ2n) is 5.42. The van der Waals surface area contributed by atoms with Crippen LogP contribution in [0, 0.1) is 0 Å². The van der Waals surface area contributed by atoms with Crippen molar-refractivity contribution in [1.82, 2.24) is 9.80 Å². The summed E-state index contributed by atoms with van der Waals surface area (Å²) in [5, 5.41) is 0. The lowest BCUT2D eigenvalue weighted by Gasteiger charge is -2.18. The quantitative estimate of drug-likeness (QED) is 0.554. The molecule has 0 saturated carbocycles. The molecule has 0 atom stereocenters. The van der Waals surface area contributed by atoms with Crippen molar-refractivity contribution >= 4 is 18.0 Å². The summed E-state index contributed by atoms with van der Waals surface area (Å²) in [6.07, 6.45) is 0.287. The van der Waals surface area contributed by atoms with E-state index in [4.69, 9.17) is 18.9 Å². The van der Waals surface area contributed by atoms with E-state index in [9.17, 15) is 14.4 Å². The maximum Gasteiger partial charge on any atom is 0.320 e. The van der Waals surface area contributed by atoms with Crippen molar-refractivity contribution < 1.29 is 33.3 Å². The predicted molar refractivity (Wildman–Crippen MR) is 81.3 cm³/mol. The Kier molecular flexibility index (Phi) is 7.76. The smallest absolute Gasteiger partial charge is 0.320 e. The van der Waals surface area contributed by atoms with Gasteiger partial charge >= 0.3 is 18.0 Å². The monoisotopic (exact) mass is 344 g/mol. The number of carbonyl (C=O) groups excluding carboxylic acids is 3. The zero-order valence-corrected chi connectivity index (χ0v) is 13.7. The average molecular weight is 344 g/mol. The van der Waals surface area contributed by atoms with E-state index in [0.29, 0.717) is 52.6 Å². The van der Waals surface area contributed by atoms with Crippen molar-refractivity contribution in [2.45, 2.75) is 12.8 Å². The van der Waals surface area contributed by atoms with Crippen molar-refractivity contribution in [3.63, 3.8) is 0 Å². The van der Waals surface area contributed by atoms with E-state index in [1.165, 1.54) is 0 Å². The highest BCUT2D eigenvalue weighted by molar-refractivity contribution is 5.78.